The first-order valence-electron chi connectivity index (χ1n) is 3.99. The molecule has 0 aliphatic rings. The van der Waals surface area contributed by atoms with Crippen LogP contribution < -0.4 is 0 Å². The van der Waals surface area contributed by atoms with Crippen molar-refractivity contribution in [2.24, 2.45) is 0 Å². The number of thiol groups is 1. The van der Waals surface area contributed by atoms with Crippen molar-refractivity contribution >= 4 is 36.2 Å². The van der Waals surface area contributed by atoms with Crippen LogP contribution in [0.3, 0.4) is 0 Å². The van der Waals surface area contributed by atoms with Crippen molar-refractivity contribution in [3.8, 4) is 0 Å². The van der Waals surface area contributed by atoms with E-state index in [2.05, 4.69) is 12.6 Å². The van der Waals surface area contributed by atoms with Crippen molar-refractivity contribution in [1.82, 2.24) is 4.90 Å². The molecule has 0 rings (SSSR count). The van der Waals surface area contributed by atoms with Gasteiger partial charge in [-0.2, -0.15) is 12.6 Å². The highest BCUT2D eigenvalue weighted by molar-refractivity contribution is 7.81. The van der Waals surface area contributed by atoms with E-state index >= 15 is 0 Å². The zero-order valence-electron chi connectivity index (χ0n) is 8.26. The van der Waals surface area contributed by atoms with Crippen LogP contribution in [0.25, 0.3) is 0 Å². The van der Waals surface area contributed by atoms with Crippen molar-refractivity contribution in [2.45, 2.75) is 19.9 Å². The second kappa shape index (κ2) is 5.50. The normalized spacial score (nSPS) is 11.7. The van der Waals surface area contributed by atoms with Crippen molar-refractivity contribution in [3.05, 3.63) is 0 Å². The van der Waals surface area contributed by atoms with Gasteiger partial charge in [0.05, 0.1) is 5.75 Å². The fourth-order valence-corrected chi connectivity index (χ4v) is 1.24. The zero-order valence-corrected chi connectivity index (χ0v) is 9.15. The molecule has 0 spiro atoms. The zero-order chi connectivity index (χ0) is 12.2. The predicted molar refractivity (Wildman–Crippen MR) is 53.5 cm³/mol. The molecule has 0 radical (unpaired) electrons. The lowest BCUT2D eigenvalue weighted by atomic mass is 10.1. The van der Waals surface area contributed by atoms with Gasteiger partial charge in [0.25, 0.3) is 0 Å². The molecule has 7 heteroatoms. The van der Waals surface area contributed by atoms with E-state index in [4.69, 9.17) is 5.11 Å². The van der Waals surface area contributed by atoms with Gasteiger partial charge in [-0.1, -0.05) is 0 Å². The molecule has 1 N–H and O–H groups in total. The molecule has 0 aromatic heterocycles. The molecule has 0 unspecified atom stereocenters. The van der Waals surface area contributed by atoms with Crippen LogP contribution in [-0.2, 0) is 19.2 Å². The summed E-state index contributed by atoms with van der Waals surface area (Å²) in [6.45, 7) is 2.03. The van der Waals surface area contributed by atoms with Crippen molar-refractivity contribution in [1.29, 1.82) is 0 Å². The number of carbonyl (C=O) groups is 4. The predicted octanol–water partition coefficient (Wildman–Crippen LogP) is -0.667. The summed E-state index contributed by atoms with van der Waals surface area (Å²) in [6, 6.07) is -1.78. The van der Waals surface area contributed by atoms with Crippen LogP contribution in [-0.4, -0.2) is 45.4 Å². The Morgan fingerprint density at radius 2 is 1.60 bits per heavy atom. The molecule has 84 valence electrons. The lowest BCUT2D eigenvalue weighted by Gasteiger charge is -2.23. The lowest BCUT2D eigenvalue weighted by molar-refractivity contribution is -0.159. The molecular formula is C8H11NO5S. The van der Waals surface area contributed by atoms with Crippen LogP contribution >= 0.6 is 12.6 Å². The molecule has 0 aromatic carbocycles. The van der Waals surface area contributed by atoms with Crippen molar-refractivity contribution in [2.75, 3.05) is 5.75 Å². The summed E-state index contributed by atoms with van der Waals surface area (Å²) in [7, 11) is 0. The fourth-order valence-electron chi connectivity index (χ4n) is 1.06. The third-order valence-corrected chi connectivity index (χ3v) is 1.94. The summed E-state index contributed by atoms with van der Waals surface area (Å²) in [5.41, 5.74) is 0. The molecule has 2 amide bonds. The standard InChI is InChI=1S/C8H11NO5S/c1-4(10)9(5(2)11)7(8(13)14)6(12)3-15/h7,15H,3H2,1-2H3,(H,13,14)/t7-/m0/s1. The van der Waals surface area contributed by atoms with E-state index in [1.165, 1.54) is 0 Å². The number of imide groups is 1. The number of hydrogen-bond donors (Lipinski definition) is 2. The third kappa shape index (κ3) is 3.35. The quantitative estimate of drug-likeness (QED) is 0.496. The molecule has 0 bridgehead atoms. The topological polar surface area (TPSA) is 91.8 Å². The average Bonchev–Trinajstić information content (AvgIpc) is 2.10. The van der Waals surface area contributed by atoms with Crippen LogP contribution in [0.1, 0.15) is 13.8 Å². The van der Waals surface area contributed by atoms with E-state index in [0.29, 0.717) is 4.90 Å². The molecule has 15 heavy (non-hydrogen) atoms. The molecule has 6 nitrogen and oxygen atoms in total. The molecule has 0 heterocycles. The van der Waals surface area contributed by atoms with E-state index in [0.717, 1.165) is 13.8 Å². The number of ketones is 1. The molecule has 0 aromatic rings. The van der Waals surface area contributed by atoms with E-state index in [1.54, 1.807) is 0 Å². The van der Waals surface area contributed by atoms with Crippen LogP contribution in [0, 0.1) is 0 Å². The smallest absolute Gasteiger partial charge is 0.334 e. The molecular weight excluding hydrogens is 222 g/mol. The number of carboxylic acids is 1. The summed E-state index contributed by atoms with van der Waals surface area (Å²) >= 11 is 3.62. The molecule has 0 aliphatic heterocycles. The maximum absolute atomic E-state index is 11.2. The van der Waals surface area contributed by atoms with Gasteiger partial charge in [-0.15, -0.1) is 0 Å². The largest absolute Gasteiger partial charge is 0.479 e. The maximum atomic E-state index is 11.2. The Morgan fingerprint density at radius 1 is 1.20 bits per heavy atom. The minimum atomic E-state index is -1.78. The van der Waals surface area contributed by atoms with Gasteiger partial charge in [0.15, 0.2) is 11.8 Å². The van der Waals surface area contributed by atoms with E-state index in [9.17, 15) is 19.2 Å². The van der Waals surface area contributed by atoms with Gasteiger partial charge in [-0.25, -0.2) is 4.79 Å². The van der Waals surface area contributed by atoms with Gasteiger partial charge in [0.2, 0.25) is 11.8 Å². The van der Waals surface area contributed by atoms with E-state index in [1.807, 2.05) is 0 Å². The monoisotopic (exact) mass is 233 g/mol. The summed E-state index contributed by atoms with van der Waals surface area (Å²) in [5, 5.41) is 8.74. The van der Waals surface area contributed by atoms with Crippen LogP contribution in [0.4, 0.5) is 0 Å². The van der Waals surface area contributed by atoms with Crippen molar-refractivity contribution < 1.29 is 24.3 Å². The van der Waals surface area contributed by atoms with Gasteiger partial charge in [0, 0.05) is 13.8 Å². The number of nitrogens with zero attached hydrogens (tertiary/aromatic N) is 1. The number of carbonyl (C=O) groups excluding carboxylic acids is 3. The first-order valence-corrected chi connectivity index (χ1v) is 4.63. The lowest BCUT2D eigenvalue weighted by Crippen LogP contribution is -2.51. The number of Topliss-reactive ketones (excluding diaryl/α,β-unsaturated/α-hetero) is 1. The number of amides is 2. The Kier molecular flexibility index (Phi) is 4.99. The van der Waals surface area contributed by atoms with Gasteiger partial charge < -0.3 is 5.11 Å². The maximum Gasteiger partial charge on any atom is 0.334 e. The van der Waals surface area contributed by atoms with Crippen LogP contribution in [0.15, 0.2) is 0 Å². The highest BCUT2D eigenvalue weighted by Gasteiger charge is 2.35. The van der Waals surface area contributed by atoms with Gasteiger partial charge >= 0.3 is 5.97 Å². The first kappa shape index (κ1) is 13.6. The van der Waals surface area contributed by atoms with Crippen LogP contribution in [0.5, 0.6) is 0 Å². The molecule has 1 atom stereocenters. The Morgan fingerprint density at radius 3 is 1.80 bits per heavy atom. The average molecular weight is 233 g/mol. The van der Waals surface area contributed by atoms with E-state index in [-0.39, 0.29) is 5.75 Å². The second-order valence-corrected chi connectivity index (χ2v) is 3.09. The Balaban J connectivity index is 5.19. The first-order chi connectivity index (χ1) is 6.82. The Hall–Kier alpha value is -1.37. The summed E-state index contributed by atoms with van der Waals surface area (Å²) in [4.78, 5) is 44.4. The highest BCUT2D eigenvalue weighted by Crippen LogP contribution is 2.04. The molecule has 0 fully saturated rings. The van der Waals surface area contributed by atoms with Gasteiger partial charge in [-0.3, -0.25) is 19.3 Å². The minimum Gasteiger partial charge on any atom is -0.479 e. The third-order valence-electron chi connectivity index (χ3n) is 1.63. The van der Waals surface area contributed by atoms with Crippen molar-refractivity contribution in [3.63, 3.8) is 0 Å². The number of carboxylic acid groups (broad SMARTS) is 1. The summed E-state index contributed by atoms with van der Waals surface area (Å²) < 4.78 is 0. The minimum absolute atomic E-state index is 0.353. The molecule has 0 saturated carbocycles. The van der Waals surface area contributed by atoms with Crippen LogP contribution in [0.2, 0.25) is 0 Å². The van der Waals surface area contributed by atoms with Gasteiger partial charge in [-0.05, 0) is 0 Å². The number of rotatable bonds is 4. The Labute approximate surface area is 91.6 Å². The highest BCUT2D eigenvalue weighted by atomic mass is 32.1. The molecule has 0 saturated heterocycles. The van der Waals surface area contributed by atoms with E-state index < -0.39 is 29.6 Å². The second-order valence-electron chi connectivity index (χ2n) is 2.77. The summed E-state index contributed by atoms with van der Waals surface area (Å²) in [5.74, 6) is -4.28. The Bertz CT molecular complexity index is 300. The van der Waals surface area contributed by atoms with Gasteiger partial charge in [0.1, 0.15) is 0 Å². The SMILES string of the molecule is CC(=O)N(C(C)=O)[C@H](C(=O)O)C(=O)CS. The number of aliphatic carboxylic acids is 1. The molecule has 0 aliphatic carbocycles. The number of hydrogen-bond acceptors (Lipinski definition) is 5. The fraction of sp³-hybridized carbons (Fsp3) is 0.500. The summed E-state index contributed by atoms with van der Waals surface area (Å²) in [6.07, 6.45) is 0.